The van der Waals surface area contributed by atoms with E-state index in [4.69, 9.17) is 26.2 Å². The number of halogens is 1. The molecule has 1 heterocycles. The van der Waals surface area contributed by atoms with E-state index in [2.05, 4.69) is 10.2 Å². The van der Waals surface area contributed by atoms with Gasteiger partial charge in [-0.2, -0.15) is 0 Å². The first-order valence-electron chi connectivity index (χ1n) is 9.42. The number of aliphatic hydroxyl groups excluding tert-OH is 1. The number of thioether (sulfide) groups is 1. The summed E-state index contributed by atoms with van der Waals surface area (Å²) >= 11 is 7.88. The minimum atomic E-state index is 0.144. The van der Waals surface area contributed by atoms with E-state index in [0.29, 0.717) is 23.9 Å². The van der Waals surface area contributed by atoms with Crippen molar-refractivity contribution in [2.75, 3.05) is 19.0 Å². The molecule has 3 aromatic rings. The summed E-state index contributed by atoms with van der Waals surface area (Å²) in [6, 6.07) is 13.3. The predicted octanol–water partition coefficient (Wildman–Crippen LogP) is 4.68. The van der Waals surface area contributed by atoms with Crippen LogP contribution in [0.3, 0.4) is 0 Å². The topological polar surface area (TPSA) is 69.4 Å². The molecule has 154 valence electrons. The summed E-state index contributed by atoms with van der Waals surface area (Å²) in [6.07, 6.45) is 0.685. The molecule has 1 aromatic heterocycles. The molecule has 0 radical (unpaired) electrons. The fourth-order valence-corrected chi connectivity index (χ4v) is 3.71. The van der Waals surface area contributed by atoms with Crippen LogP contribution in [0.1, 0.15) is 24.7 Å². The van der Waals surface area contributed by atoms with Crippen molar-refractivity contribution >= 4 is 23.4 Å². The normalized spacial score (nSPS) is 10.9. The first kappa shape index (κ1) is 21.5. The Bertz CT molecular complexity index is 931. The number of benzene rings is 2. The zero-order valence-electron chi connectivity index (χ0n) is 16.5. The molecule has 0 atom stereocenters. The van der Waals surface area contributed by atoms with Gasteiger partial charge < -0.3 is 14.6 Å². The Balaban J connectivity index is 1.82. The third-order valence-corrected chi connectivity index (χ3v) is 5.57. The number of ether oxygens (including phenoxy) is 2. The van der Waals surface area contributed by atoms with E-state index >= 15 is 0 Å². The first-order chi connectivity index (χ1) is 14.1. The van der Waals surface area contributed by atoms with Gasteiger partial charge in [-0.05, 0) is 62.2 Å². The summed E-state index contributed by atoms with van der Waals surface area (Å²) in [7, 11) is 0. The van der Waals surface area contributed by atoms with Gasteiger partial charge in [0, 0.05) is 17.4 Å². The highest BCUT2D eigenvalue weighted by molar-refractivity contribution is 7.99. The lowest BCUT2D eigenvalue weighted by Crippen LogP contribution is -2.07. The maximum Gasteiger partial charge on any atom is 0.195 e. The molecule has 0 aliphatic heterocycles. The molecule has 0 fully saturated rings. The second-order valence-electron chi connectivity index (χ2n) is 6.29. The van der Waals surface area contributed by atoms with Gasteiger partial charge in [0.25, 0.3) is 0 Å². The Morgan fingerprint density at radius 3 is 2.45 bits per heavy atom. The van der Waals surface area contributed by atoms with Gasteiger partial charge in [0.2, 0.25) is 0 Å². The molecule has 0 saturated carbocycles. The third-order valence-electron chi connectivity index (χ3n) is 4.15. The Labute approximate surface area is 179 Å². The molecule has 8 heteroatoms. The number of hydrogen-bond donors (Lipinski definition) is 1. The second kappa shape index (κ2) is 10.5. The van der Waals surface area contributed by atoms with Gasteiger partial charge in [-0.1, -0.05) is 29.4 Å². The van der Waals surface area contributed by atoms with Crippen LogP contribution in [-0.4, -0.2) is 38.8 Å². The molecule has 0 saturated heterocycles. The van der Waals surface area contributed by atoms with Crippen molar-refractivity contribution in [2.24, 2.45) is 0 Å². The van der Waals surface area contributed by atoms with Gasteiger partial charge in [-0.3, -0.25) is 4.57 Å². The summed E-state index contributed by atoms with van der Waals surface area (Å²) in [4.78, 5) is 0. The van der Waals surface area contributed by atoms with E-state index in [1.54, 1.807) is 11.8 Å². The van der Waals surface area contributed by atoms with Crippen LogP contribution in [0.5, 0.6) is 11.5 Å². The number of rotatable bonds is 10. The van der Waals surface area contributed by atoms with Crippen LogP contribution >= 0.6 is 23.4 Å². The van der Waals surface area contributed by atoms with Crippen LogP contribution in [0.25, 0.3) is 5.69 Å². The predicted molar refractivity (Wildman–Crippen MR) is 115 cm³/mol. The minimum absolute atomic E-state index is 0.144. The Kier molecular flexibility index (Phi) is 7.80. The maximum absolute atomic E-state index is 9.06. The molecule has 29 heavy (non-hydrogen) atoms. The second-order valence-corrected chi connectivity index (χ2v) is 7.76. The number of nitrogens with zero attached hydrogens (tertiary/aromatic N) is 3. The van der Waals surface area contributed by atoms with E-state index in [-0.39, 0.29) is 13.2 Å². The lowest BCUT2D eigenvalue weighted by Gasteiger charge is -2.12. The SMILES string of the molecule is CCOc1ccc(OCc2nnc(SCCCO)n2-c2ccc(C)c(Cl)c2)cc1. The van der Waals surface area contributed by atoms with Crippen LogP contribution in [-0.2, 0) is 6.61 Å². The summed E-state index contributed by atoms with van der Waals surface area (Å²) in [5.74, 6) is 2.94. The molecular weight excluding hydrogens is 410 g/mol. The molecule has 6 nitrogen and oxygen atoms in total. The van der Waals surface area contributed by atoms with E-state index < -0.39 is 0 Å². The molecular formula is C21H24ClN3O3S. The van der Waals surface area contributed by atoms with Crippen molar-refractivity contribution in [3.05, 3.63) is 58.9 Å². The highest BCUT2D eigenvalue weighted by atomic mass is 35.5. The molecule has 0 amide bonds. The largest absolute Gasteiger partial charge is 0.494 e. The fraction of sp³-hybridized carbons (Fsp3) is 0.333. The quantitative estimate of drug-likeness (QED) is 0.369. The lowest BCUT2D eigenvalue weighted by atomic mass is 10.2. The summed E-state index contributed by atoms with van der Waals surface area (Å²) in [5.41, 5.74) is 1.88. The van der Waals surface area contributed by atoms with Crippen molar-refractivity contribution in [2.45, 2.75) is 32.0 Å². The molecule has 0 aliphatic carbocycles. The van der Waals surface area contributed by atoms with Gasteiger partial charge in [0.1, 0.15) is 18.1 Å². The minimum Gasteiger partial charge on any atom is -0.494 e. The van der Waals surface area contributed by atoms with Crippen molar-refractivity contribution in [1.29, 1.82) is 0 Å². The maximum atomic E-state index is 9.06. The van der Waals surface area contributed by atoms with Crippen LogP contribution in [0.15, 0.2) is 47.6 Å². The smallest absolute Gasteiger partial charge is 0.195 e. The number of aryl methyl sites for hydroxylation is 1. The third kappa shape index (κ3) is 5.65. The van der Waals surface area contributed by atoms with Crippen LogP contribution < -0.4 is 9.47 Å². The van der Waals surface area contributed by atoms with Gasteiger partial charge >= 0.3 is 0 Å². The van der Waals surface area contributed by atoms with Gasteiger partial charge in [-0.25, -0.2) is 0 Å². The van der Waals surface area contributed by atoms with Crippen molar-refractivity contribution in [1.82, 2.24) is 14.8 Å². The Morgan fingerprint density at radius 2 is 1.79 bits per heavy atom. The standard InChI is InChI=1S/C21H24ClN3O3S/c1-3-27-17-7-9-18(10-8-17)28-14-20-23-24-21(29-12-4-11-26)25(20)16-6-5-15(2)19(22)13-16/h5-10,13,26H,3-4,11-12,14H2,1-2H3. The Morgan fingerprint density at radius 1 is 1.07 bits per heavy atom. The van der Waals surface area contributed by atoms with Crippen molar-refractivity contribution in [3.63, 3.8) is 0 Å². The zero-order valence-corrected chi connectivity index (χ0v) is 18.0. The molecule has 0 unspecified atom stereocenters. The highest BCUT2D eigenvalue weighted by Crippen LogP contribution is 2.27. The van der Waals surface area contributed by atoms with E-state index in [0.717, 1.165) is 33.7 Å². The van der Waals surface area contributed by atoms with Gasteiger partial charge in [0.05, 0.1) is 12.3 Å². The summed E-state index contributed by atoms with van der Waals surface area (Å²) < 4.78 is 13.3. The molecule has 1 N–H and O–H groups in total. The summed E-state index contributed by atoms with van der Waals surface area (Å²) in [6.45, 7) is 4.94. The van der Waals surface area contributed by atoms with Crippen LogP contribution in [0.4, 0.5) is 0 Å². The number of hydrogen-bond acceptors (Lipinski definition) is 6. The average molecular weight is 434 g/mol. The first-order valence-corrected chi connectivity index (χ1v) is 10.8. The molecule has 0 spiro atoms. The van der Waals surface area contributed by atoms with Crippen molar-refractivity contribution in [3.8, 4) is 17.2 Å². The molecule has 3 rings (SSSR count). The molecule has 0 aliphatic rings. The Hall–Kier alpha value is -2.22. The van der Waals surface area contributed by atoms with E-state index in [9.17, 15) is 0 Å². The average Bonchev–Trinajstić information content (AvgIpc) is 3.13. The van der Waals surface area contributed by atoms with Gasteiger partial charge in [0.15, 0.2) is 11.0 Å². The van der Waals surface area contributed by atoms with Crippen molar-refractivity contribution < 1.29 is 14.6 Å². The molecule has 2 aromatic carbocycles. The van der Waals surface area contributed by atoms with E-state index in [1.165, 1.54) is 0 Å². The fourth-order valence-electron chi connectivity index (χ4n) is 2.64. The molecule has 0 bridgehead atoms. The van der Waals surface area contributed by atoms with E-state index in [1.807, 2.05) is 60.9 Å². The lowest BCUT2D eigenvalue weighted by molar-refractivity contribution is 0.291. The number of aromatic nitrogens is 3. The monoisotopic (exact) mass is 433 g/mol. The zero-order chi connectivity index (χ0) is 20.6. The highest BCUT2D eigenvalue weighted by Gasteiger charge is 2.16. The number of aliphatic hydroxyl groups is 1. The van der Waals surface area contributed by atoms with Crippen LogP contribution in [0.2, 0.25) is 5.02 Å². The van der Waals surface area contributed by atoms with Crippen LogP contribution in [0, 0.1) is 6.92 Å². The van der Waals surface area contributed by atoms with Gasteiger partial charge in [-0.15, -0.1) is 10.2 Å². The summed E-state index contributed by atoms with van der Waals surface area (Å²) in [5, 5.41) is 19.1.